The molecule has 5 heterocycles. The zero-order valence-corrected chi connectivity index (χ0v) is 26.6. The van der Waals surface area contributed by atoms with Crippen LogP contribution in [0.25, 0.3) is 111 Å². The molecule has 0 radical (unpaired) electrons. The van der Waals surface area contributed by atoms with Gasteiger partial charge in [-0.3, -0.25) is 0 Å². The molecule has 0 N–H and O–H groups in total. The first-order valence-electron chi connectivity index (χ1n) is 15.7. The third-order valence-electron chi connectivity index (χ3n) is 9.25. The number of fused-ring (bicyclic) bond motifs is 22. The van der Waals surface area contributed by atoms with E-state index in [-0.39, 0.29) is 17.1 Å². The molecular weight excluding hydrogens is 648 g/mol. The van der Waals surface area contributed by atoms with E-state index in [0.29, 0.717) is 45.9 Å². The summed E-state index contributed by atoms with van der Waals surface area (Å²) in [4.78, 5) is 40.4. The Morgan fingerprint density at radius 2 is 0.633 bits per heavy atom. The molecule has 2 aliphatic heterocycles. The standard InChI is InChI=1S/C40H20N8.Fe/c1-3-11-23-19-31-29(17-21(23)9-1)37-44-35-27-15-7-5-13-25(27)33(42-35)41-34-26-14-6-8-16-28(26)36(43-34)45-38-30-18-22-10-2-4-12-24(22)20-32(30)40(47-38)48-39(31)46-37;/h1-20H;/q-2;+2. The fourth-order valence-electron chi connectivity index (χ4n) is 6.93. The summed E-state index contributed by atoms with van der Waals surface area (Å²) in [6.07, 6.45) is 0. The van der Waals surface area contributed by atoms with Gasteiger partial charge in [0, 0.05) is 44.8 Å². The summed E-state index contributed by atoms with van der Waals surface area (Å²) in [6, 6.07) is 41.1. The fourth-order valence-corrected chi connectivity index (χ4v) is 6.93. The topological polar surface area (TPSA) is 106 Å². The maximum atomic E-state index is 5.16. The molecule has 228 valence electrons. The molecule has 49 heavy (non-hydrogen) atoms. The summed E-state index contributed by atoms with van der Waals surface area (Å²) in [7, 11) is 0. The van der Waals surface area contributed by atoms with E-state index in [1.807, 2.05) is 72.8 Å². The Labute approximate surface area is 288 Å². The van der Waals surface area contributed by atoms with Crippen LogP contribution in [0, 0.1) is 0 Å². The van der Waals surface area contributed by atoms with Crippen molar-refractivity contribution in [2.24, 2.45) is 0 Å². The predicted molar refractivity (Wildman–Crippen MR) is 189 cm³/mol. The second-order valence-electron chi connectivity index (χ2n) is 12.1. The number of aromatic nitrogens is 8. The van der Waals surface area contributed by atoms with Gasteiger partial charge in [-0.2, -0.15) is 0 Å². The molecule has 0 aliphatic carbocycles. The Bertz CT molecular complexity index is 3030. The monoisotopic (exact) mass is 668 g/mol. The van der Waals surface area contributed by atoms with Crippen molar-refractivity contribution in [1.82, 2.24) is 39.9 Å². The molecule has 0 fully saturated rings. The van der Waals surface area contributed by atoms with Crippen molar-refractivity contribution < 1.29 is 17.1 Å². The minimum atomic E-state index is 0. The van der Waals surface area contributed by atoms with Gasteiger partial charge in [0.25, 0.3) is 0 Å². The van der Waals surface area contributed by atoms with E-state index >= 15 is 0 Å². The van der Waals surface area contributed by atoms with Crippen LogP contribution >= 0.6 is 0 Å². The van der Waals surface area contributed by atoms with Gasteiger partial charge in [0.05, 0.1) is 23.3 Å². The van der Waals surface area contributed by atoms with Crippen LogP contribution in [-0.2, 0) is 17.1 Å². The van der Waals surface area contributed by atoms with Crippen molar-refractivity contribution in [2.45, 2.75) is 0 Å². The van der Waals surface area contributed by atoms with Crippen LogP contribution in [0.5, 0.6) is 0 Å². The molecule has 8 nitrogen and oxygen atoms in total. The molecule has 9 heteroatoms. The summed E-state index contributed by atoms with van der Waals surface area (Å²) < 4.78 is 0. The Morgan fingerprint density at radius 1 is 0.306 bits per heavy atom. The van der Waals surface area contributed by atoms with Crippen molar-refractivity contribution in [3.05, 3.63) is 121 Å². The Morgan fingerprint density at radius 3 is 1.06 bits per heavy atom. The van der Waals surface area contributed by atoms with Crippen LogP contribution in [0.3, 0.4) is 0 Å². The second-order valence-corrected chi connectivity index (χ2v) is 12.1. The molecule has 0 saturated heterocycles. The number of benzene rings is 6. The first kappa shape index (κ1) is 27.8. The van der Waals surface area contributed by atoms with Crippen molar-refractivity contribution in [3.8, 4) is 45.6 Å². The Kier molecular flexibility index (Phi) is 5.88. The summed E-state index contributed by atoms with van der Waals surface area (Å²) in [5.41, 5.74) is 5.73. The summed E-state index contributed by atoms with van der Waals surface area (Å²) in [6.45, 7) is 0. The molecule has 11 rings (SSSR count). The van der Waals surface area contributed by atoms with E-state index < -0.39 is 0 Å². The molecule has 2 aliphatic rings. The normalized spacial score (nSPS) is 11.9. The molecule has 6 aromatic carbocycles. The van der Waals surface area contributed by atoms with Gasteiger partial charge in [-0.1, -0.05) is 97.1 Å². The maximum Gasteiger partial charge on any atom is 2.00 e. The number of hydrogen-bond acceptors (Lipinski definition) is 6. The van der Waals surface area contributed by atoms with E-state index in [9.17, 15) is 0 Å². The minimum absolute atomic E-state index is 0. The van der Waals surface area contributed by atoms with Crippen LogP contribution in [-0.4, -0.2) is 29.9 Å². The van der Waals surface area contributed by atoms with E-state index in [1.54, 1.807) is 0 Å². The van der Waals surface area contributed by atoms with Gasteiger partial charge in [0.15, 0.2) is 0 Å². The van der Waals surface area contributed by atoms with Gasteiger partial charge in [0.1, 0.15) is 0 Å². The average Bonchev–Trinajstić information content (AvgIpc) is 3.85. The quantitative estimate of drug-likeness (QED) is 0.148. The molecule has 8 bridgehead atoms. The van der Waals surface area contributed by atoms with Crippen molar-refractivity contribution in [3.63, 3.8) is 0 Å². The number of nitrogens with zero attached hydrogens (tertiary/aromatic N) is 8. The van der Waals surface area contributed by atoms with Gasteiger partial charge in [-0.15, -0.1) is 0 Å². The molecule has 0 saturated carbocycles. The zero-order valence-electron chi connectivity index (χ0n) is 25.5. The summed E-state index contributed by atoms with van der Waals surface area (Å²) in [5, 5.41) is 7.93. The average molecular weight is 669 g/mol. The SMILES string of the molecule is [Fe+2].c1ccc2c(c1)-c1nc-2nc2[n-]c(nc3nc(nc4[n-]c(n1)c1ccccc41)-c1cc4ccccc4cc1-3)c1cc3ccccc3cc21. The Balaban J connectivity index is 0.00000306. The largest absolute Gasteiger partial charge is 2.00 e. The molecule has 9 aromatic rings. The van der Waals surface area contributed by atoms with Crippen LogP contribution in [0.4, 0.5) is 0 Å². The second kappa shape index (κ2) is 10.4. The van der Waals surface area contributed by atoms with E-state index in [1.165, 1.54) is 0 Å². The smallest absolute Gasteiger partial charge is 0.357 e. The molecule has 3 aromatic heterocycles. The van der Waals surface area contributed by atoms with Crippen molar-refractivity contribution >= 4 is 65.7 Å². The van der Waals surface area contributed by atoms with Gasteiger partial charge in [0.2, 0.25) is 0 Å². The number of rotatable bonds is 0. The summed E-state index contributed by atoms with van der Waals surface area (Å²) in [5.74, 6) is 2.17. The van der Waals surface area contributed by atoms with Crippen LogP contribution < -0.4 is 9.97 Å². The third kappa shape index (κ3) is 4.16. The minimum Gasteiger partial charge on any atom is -0.357 e. The fraction of sp³-hybridized carbons (Fsp3) is 0. The van der Waals surface area contributed by atoms with Crippen LogP contribution in [0.1, 0.15) is 0 Å². The predicted octanol–water partition coefficient (Wildman–Crippen LogP) is 8.43. The third-order valence-corrected chi connectivity index (χ3v) is 9.25. The molecule has 0 amide bonds. The maximum absolute atomic E-state index is 5.16. The molecular formula is C40H20FeN8. The van der Waals surface area contributed by atoms with E-state index in [0.717, 1.165) is 65.3 Å². The number of hydrogen-bond donors (Lipinski definition) is 0. The first-order valence-corrected chi connectivity index (χ1v) is 15.7. The summed E-state index contributed by atoms with van der Waals surface area (Å²) >= 11 is 0. The van der Waals surface area contributed by atoms with E-state index in [4.69, 9.17) is 39.9 Å². The van der Waals surface area contributed by atoms with Gasteiger partial charge >= 0.3 is 17.1 Å². The first-order chi connectivity index (χ1) is 23.7. The van der Waals surface area contributed by atoms with Gasteiger partial charge in [-0.25, -0.2) is 9.97 Å². The van der Waals surface area contributed by atoms with Gasteiger partial charge < -0.3 is 29.9 Å². The molecule has 0 atom stereocenters. The van der Waals surface area contributed by atoms with Gasteiger partial charge in [-0.05, 0) is 67.4 Å². The molecule has 0 spiro atoms. The molecule has 0 unspecified atom stereocenters. The van der Waals surface area contributed by atoms with Crippen LogP contribution in [0.2, 0.25) is 0 Å². The van der Waals surface area contributed by atoms with Crippen molar-refractivity contribution in [1.29, 1.82) is 0 Å². The van der Waals surface area contributed by atoms with E-state index in [2.05, 4.69) is 48.5 Å². The zero-order chi connectivity index (χ0) is 31.3. The Hall–Kier alpha value is -6.28. The van der Waals surface area contributed by atoms with Crippen LogP contribution in [0.15, 0.2) is 121 Å². The van der Waals surface area contributed by atoms with Crippen molar-refractivity contribution in [2.75, 3.05) is 0 Å².